The predicted octanol–water partition coefficient (Wildman–Crippen LogP) is 5.42. The molecule has 3 nitrogen and oxygen atoms in total. The quantitative estimate of drug-likeness (QED) is 0.781. The van der Waals surface area contributed by atoms with Crippen molar-refractivity contribution in [2.45, 2.75) is 26.7 Å². The van der Waals surface area contributed by atoms with Crippen LogP contribution in [0.3, 0.4) is 0 Å². The Morgan fingerprint density at radius 2 is 1.71 bits per heavy atom. The molecular weight excluding hydrogens is 284 g/mol. The third-order valence-corrected chi connectivity index (χ3v) is 3.63. The predicted molar refractivity (Wildman–Crippen MR) is 89.4 cm³/mol. The van der Waals surface area contributed by atoms with Crippen molar-refractivity contribution in [1.82, 2.24) is 0 Å². The number of anilines is 2. The highest BCUT2D eigenvalue weighted by Crippen LogP contribution is 2.24. The SMILES string of the molecule is Cc1ccc(C(C)C)cc1NC(=O)Nc1ccccc1Cl. The summed E-state index contributed by atoms with van der Waals surface area (Å²) in [6, 6.07) is 12.9. The van der Waals surface area contributed by atoms with Crippen LogP contribution >= 0.6 is 11.6 Å². The van der Waals surface area contributed by atoms with Crippen molar-refractivity contribution in [1.29, 1.82) is 0 Å². The molecule has 0 fully saturated rings. The zero-order valence-corrected chi connectivity index (χ0v) is 13.2. The van der Waals surface area contributed by atoms with Crippen LogP contribution in [0.25, 0.3) is 0 Å². The summed E-state index contributed by atoms with van der Waals surface area (Å²) in [4.78, 5) is 12.1. The molecule has 0 saturated carbocycles. The Morgan fingerprint density at radius 3 is 2.38 bits per heavy atom. The molecule has 2 N–H and O–H groups in total. The summed E-state index contributed by atoms with van der Waals surface area (Å²) < 4.78 is 0. The van der Waals surface area contributed by atoms with Gasteiger partial charge in [0.2, 0.25) is 0 Å². The minimum absolute atomic E-state index is 0.299. The van der Waals surface area contributed by atoms with Gasteiger partial charge in [0.05, 0.1) is 10.7 Å². The van der Waals surface area contributed by atoms with E-state index in [2.05, 4.69) is 30.5 Å². The lowest BCUT2D eigenvalue weighted by Crippen LogP contribution is -2.20. The highest BCUT2D eigenvalue weighted by molar-refractivity contribution is 6.33. The smallest absolute Gasteiger partial charge is 0.307 e. The molecule has 0 aliphatic carbocycles. The fourth-order valence-corrected chi connectivity index (χ4v) is 2.15. The Hall–Kier alpha value is -2.00. The van der Waals surface area contributed by atoms with E-state index in [1.807, 2.05) is 31.2 Å². The molecule has 0 unspecified atom stereocenters. The van der Waals surface area contributed by atoms with Crippen LogP contribution in [0, 0.1) is 6.92 Å². The third-order valence-electron chi connectivity index (χ3n) is 3.30. The van der Waals surface area contributed by atoms with Crippen molar-refractivity contribution >= 4 is 29.0 Å². The Labute approximate surface area is 130 Å². The largest absolute Gasteiger partial charge is 0.323 e. The number of benzene rings is 2. The van der Waals surface area contributed by atoms with E-state index in [0.717, 1.165) is 11.3 Å². The van der Waals surface area contributed by atoms with Crippen molar-refractivity contribution in [3.8, 4) is 0 Å². The summed E-state index contributed by atoms with van der Waals surface area (Å²) >= 11 is 6.03. The first-order chi connectivity index (χ1) is 9.97. The standard InChI is InChI=1S/C17H19ClN2O/c1-11(2)13-9-8-12(3)16(10-13)20-17(21)19-15-7-5-4-6-14(15)18/h4-11H,1-3H3,(H2,19,20,21). The number of hydrogen-bond donors (Lipinski definition) is 2. The number of carbonyl (C=O) groups excluding carboxylic acids is 1. The molecular formula is C17H19ClN2O. The maximum atomic E-state index is 12.1. The van der Waals surface area contributed by atoms with E-state index < -0.39 is 0 Å². The van der Waals surface area contributed by atoms with Crippen molar-refractivity contribution in [3.63, 3.8) is 0 Å². The molecule has 2 amide bonds. The van der Waals surface area contributed by atoms with Gasteiger partial charge in [0.1, 0.15) is 0 Å². The summed E-state index contributed by atoms with van der Waals surface area (Å²) in [5, 5.41) is 6.14. The molecule has 0 bridgehead atoms. The molecule has 0 aliphatic heterocycles. The van der Waals surface area contributed by atoms with E-state index in [0.29, 0.717) is 16.6 Å². The lowest BCUT2D eigenvalue weighted by molar-refractivity contribution is 0.262. The van der Waals surface area contributed by atoms with Crippen molar-refractivity contribution in [2.24, 2.45) is 0 Å². The third kappa shape index (κ3) is 3.99. The first-order valence-electron chi connectivity index (χ1n) is 6.90. The average molecular weight is 303 g/mol. The van der Waals surface area contributed by atoms with Crippen LogP contribution in [0.5, 0.6) is 0 Å². The van der Waals surface area contributed by atoms with Gasteiger partial charge in [-0.25, -0.2) is 4.79 Å². The Morgan fingerprint density at radius 1 is 1.05 bits per heavy atom. The molecule has 0 spiro atoms. The second-order valence-electron chi connectivity index (χ2n) is 5.29. The molecule has 110 valence electrons. The van der Waals surface area contributed by atoms with Gasteiger partial charge in [0, 0.05) is 5.69 Å². The Balaban J connectivity index is 2.13. The molecule has 21 heavy (non-hydrogen) atoms. The molecule has 2 aromatic carbocycles. The Bertz CT molecular complexity index is 653. The van der Waals surface area contributed by atoms with Gasteiger partial charge in [-0.3, -0.25) is 0 Å². The maximum Gasteiger partial charge on any atom is 0.323 e. The molecule has 2 aromatic rings. The summed E-state index contributed by atoms with van der Waals surface area (Å²) in [6.07, 6.45) is 0. The summed E-state index contributed by atoms with van der Waals surface area (Å²) in [6.45, 7) is 6.21. The number of hydrogen-bond acceptors (Lipinski definition) is 1. The number of nitrogens with one attached hydrogen (secondary N) is 2. The topological polar surface area (TPSA) is 41.1 Å². The average Bonchev–Trinajstić information content (AvgIpc) is 2.43. The normalized spacial score (nSPS) is 10.5. The number of halogens is 1. The second-order valence-corrected chi connectivity index (χ2v) is 5.70. The van der Waals surface area contributed by atoms with E-state index in [-0.39, 0.29) is 6.03 Å². The monoisotopic (exact) mass is 302 g/mol. The van der Waals surface area contributed by atoms with Gasteiger partial charge in [0.25, 0.3) is 0 Å². The van der Waals surface area contributed by atoms with Gasteiger partial charge in [-0.15, -0.1) is 0 Å². The first kappa shape index (κ1) is 15.4. The van der Waals surface area contributed by atoms with E-state index >= 15 is 0 Å². The van der Waals surface area contributed by atoms with E-state index in [4.69, 9.17) is 11.6 Å². The lowest BCUT2D eigenvalue weighted by atomic mass is 10.0. The van der Waals surface area contributed by atoms with Gasteiger partial charge < -0.3 is 10.6 Å². The van der Waals surface area contributed by atoms with E-state index in [1.165, 1.54) is 5.56 Å². The van der Waals surface area contributed by atoms with Gasteiger partial charge in [-0.05, 0) is 42.2 Å². The highest BCUT2D eigenvalue weighted by Gasteiger charge is 2.09. The van der Waals surface area contributed by atoms with Crippen molar-refractivity contribution < 1.29 is 4.79 Å². The fraction of sp³-hybridized carbons (Fsp3) is 0.235. The number of amides is 2. The van der Waals surface area contributed by atoms with Gasteiger partial charge in [-0.1, -0.05) is 49.7 Å². The zero-order valence-electron chi connectivity index (χ0n) is 12.4. The van der Waals surface area contributed by atoms with Gasteiger partial charge >= 0.3 is 6.03 Å². The molecule has 0 radical (unpaired) electrons. The van der Waals surface area contributed by atoms with Crippen molar-refractivity contribution in [3.05, 3.63) is 58.6 Å². The highest BCUT2D eigenvalue weighted by atomic mass is 35.5. The zero-order chi connectivity index (χ0) is 15.4. The minimum atomic E-state index is -0.299. The number of rotatable bonds is 3. The van der Waals surface area contributed by atoms with Crippen LogP contribution in [-0.4, -0.2) is 6.03 Å². The Kier molecular flexibility index (Phi) is 4.86. The van der Waals surface area contributed by atoms with Crippen LogP contribution < -0.4 is 10.6 Å². The molecule has 0 atom stereocenters. The van der Waals surface area contributed by atoms with Crippen LogP contribution in [0.4, 0.5) is 16.2 Å². The molecule has 4 heteroatoms. The summed E-state index contributed by atoms with van der Waals surface area (Å²) in [5.74, 6) is 0.415. The second kappa shape index (κ2) is 6.64. The van der Waals surface area contributed by atoms with E-state index in [9.17, 15) is 4.79 Å². The molecule has 0 saturated heterocycles. The number of aryl methyl sites for hydroxylation is 1. The number of urea groups is 1. The molecule has 0 heterocycles. The van der Waals surface area contributed by atoms with Gasteiger partial charge in [-0.2, -0.15) is 0 Å². The van der Waals surface area contributed by atoms with E-state index in [1.54, 1.807) is 12.1 Å². The number of para-hydroxylation sites is 1. The van der Waals surface area contributed by atoms with Crippen LogP contribution in [0.2, 0.25) is 5.02 Å². The van der Waals surface area contributed by atoms with Crippen LogP contribution in [-0.2, 0) is 0 Å². The fourth-order valence-electron chi connectivity index (χ4n) is 1.97. The van der Waals surface area contributed by atoms with Crippen LogP contribution in [0.1, 0.15) is 30.9 Å². The molecule has 0 aromatic heterocycles. The number of carbonyl (C=O) groups is 1. The molecule has 0 aliphatic rings. The van der Waals surface area contributed by atoms with Gasteiger partial charge in [0.15, 0.2) is 0 Å². The lowest BCUT2D eigenvalue weighted by Gasteiger charge is -2.13. The first-order valence-corrected chi connectivity index (χ1v) is 7.28. The summed E-state index contributed by atoms with van der Waals surface area (Å²) in [5.41, 5.74) is 3.61. The maximum absolute atomic E-state index is 12.1. The minimum Gasteiger partial charge on any atom is -0.307 e. The molecule has 2 rings (SSSR count). The summed E-state index contributed by atoms with van der Waals surface area (Å²) in [7, 11) is 0. The van der Waals surface area contributed by atoms with Crippen molar-refractivity contribution in [2.75, 3.05) is 10.6 Å². The van der Waals surface area contributed by atoms with Crippen LogP contribution in [0.15, 0.2) is 42.5 Å².